The van der Waals surface area contributed by atoms with Gasteiger partial charge in [-0.25, -0.2) is 0 Å². The Morgan fingerprint density at radius 2 is 0.750 bits per heavy atom. The molecule has 0 bridgehead atoms. The van der Waals surface area contributed by atoms with Gasteiger partial charge in [0.15, 0.2) is 0 Å². The molecule has 0 aromatic heterocycles. The van der Waals surface area contributed by atoms with Gasteiger partial charge in [0.1, 0.15) is 0 Å². The number of hydrogen-bond donors (Lipinski definition) is 0. The van der Waals surface area contributed by atoms with E-state index >= 15 is 0 Å². The average Bonchev–Trinajstić information content (AvgIpc) is 0.918. The molecule has 50 valence electrons. The molecule has 0 rings (SSSR count). The fraction of sp³-hybridized carbons (Fsp3) is 0. The number of hydrogen-bond acceptors (Lipinski definition) is 2. The van der Waals surface area contributed by atoms with Crippen LogP contribution in [-0.2, 0) is 76.3 Å². The van der Waals surface area contributed by atoms with Gasteiger partial charge < -0.3 is 16.4 Å². The predicted octanol–water partition coefficient (Wildman–Crippen LogP) is -0.602. The van der Waals surface area contributed by atoms with E-state index in [9.17, 15) is 0 Å². The second-order valence-corrected chi connectivity index (χ2v) is 0.344. The first-order valence-corrected chi connectivity index (χ1v) is 1.68. The van der Waals surface area contributed by atoms with Crippen LogP contribution < -0.4 is 0 Å². The molecule has 0 atom stereocenters. The Labute approximate surface area is 76.0 Å². The SMILES string of the molecule is [Fe+3].[Fe+3].[O-2].[O-2].[O-2].[O]=[Ti]=[O]. The Balaban J connectivity index is -0.00000000200. The molecule has 0 aliphatic heterocycles. The van der Waals surface area contributed by atoms with Crippen LogP contribution in [0, 0.1) is 0 Å². The monoisotopic (exact) mass is 240 g/mol. The van der Waals surface area contributed by atoms with E-state index < -0.39 is 19.1 Å². The summed E-state index contributed by atoms with van der Waals surface area (Å²) in [6.45, 7) is 0. The molecule has 0 amide bonds. The minimum absolute atomic E-state index is 0. The molecule has 0 aromatic carbocycles. The van der Waals surface area contributed by atoms with Crippen molar-refractivity contribution in [2.75, 3.05) is 0 Å². The molecule has 5 nitrogen and oxygen atoms in total. The second-order valence-electron chi connectivity index (χ2n) is 0.0833. The minimum atomic E-state index is -2.00. The molecule has 0 saturated heterocycles. The van der Waals surface area contributed by atoms with Gasteiger partial charge in [-0.2, -0.15) is 0 Å². The third-order valence-corrected chi connectivity index (χ3v) is 0. The molecule has 0 aliphatic rings. The molecule has 2 radical (unpaired) electrons. The Morgan fingerprint density at radius 3 is 0.750 bits per heavy atom. The van der Waals surface area contributed by atoms with Gasteiger partial charge in [-0.3, -0.25) is 0 Å². The van der Waals surface area contributed by atoms with Crippen LogP contribution in [0.3, 0.4) is 0 Å². The van der Waals surface area contributed by atoms with Crippen molar-refractivity contribution in [3.63, 3.8) is 0 Å². The average molecular weight is 240 g/mol. The molecule has 8 heteroatoms. The third-order valence-electron chi connectivity index (χ3n) is 0. The summed E-state index contributed by atoms with van der Waals surface area (Å²) in [5, 5.41) is 0. The van der Waals surface area contributed by atoms with Crippen LogP contribution in [0.4, 0.5) is 0 Å². The number of rotatable bonds is 0. The molecule has 0 spiro atoms. The summed E-state index contributed by atoms with van der Waals surface area (Å²) in [7, 11) is 0. The summed E-state index contributed by atoms with van der Waals surface area (Å²) < 4.78 is 17.0. The van der Waals surface area contributed by atoms with E-state index in [0.29, 0.717) is 0 Å². The Morgan fingerprint density at radius 1 is 0.750 bits per heavy atom. The zero-order valence-electron chi connectivity index (χ0n) is 3.25. The summed E-state index contributed by atoms with van der Waals surface area (Å²) in [5.74, 6) is 0. The molecule has 0 heterocycles. The van der Waals surface area contributed by atoms with Gasteiger partial charge in [0.05, 0.1) is 0 Å². The molecular weight excluding hydrogens is 240 g/mol. The van der Waals surface area contributed by atoms with Crippen LogP contribution in [0.15, 0.2) is 0 Å². The maximum atomic E-state index is 8.50. The van der Waals surface area contributed by atoms with Crippen molar-refractivity contribution in [2.24, 2.45) is 0 Å². The first kappa shape index (κ1) is 59.9. The van der Waals surface area contributed by atoms with E-state index in [1.807, 2.05) is 0 Å². The molecule has 0 saturated carbocycles. The summed E-state index contributed by atoms with van der Waals surface area (Å²) in [5.41, 5.74) is 0. The van der Waals surface area contributed by atoms with Crippen molar-refractivity contribution in [1.29, 1.82) is 0 Å². The van der Waals surface area contributed by atoms with Gasteiger partial charge in [0.25, 0.3) is 0 Å². The molecule has 0 fully saturated rings. The van der Waals surface area contributed by atoms with Gasteiger partial charge in [0.2, 0.25) is 0 Å². The van der Waals surface area contributed by atoms with Gasteiger partial charge >= 0.3 is 59.9 Å². The molecule has 0 N–H and O–H groups in total. The Hall–Kier alpha value is 1.23. The summed E-state index contributed by atoms with van der Waals surface area (Å²) >= 11 is -2.00. The van der Waals surface area contributed by atoms with Gasteiger partial charge in [0, 0.05) is 0 Å². The first-order chi connectivity index (χ1) is 1.41. The van der Waals surface area contributed by atoms with E-state index in [2.05, 4.69) is 0 Å². The summed E-state index contributed by atoms with van der Waals surface area (Å²) in [6.07, 6.45) is 0. The standard InChI is InChI=1S/2Fe.5O.Ti/q2*+3;;;3*-2;. The molecule has 8 heavy (non-hydrogen) atoms. The molecule has 0 aromatic rings. The van der Waals surface area contributed by atoms with Crippen molar-refractivity contribution in [1.82, 2.24) is 0 Å². The van der Waals surface area contributed by atoms with Gasteiger partial charge in [-0.15, -0.1) is 0 Å². The van der Waals surface area contributed by atoms with Crippen LogP contribution in [0.1, 0.15) is 0 Å². The van der Waals surface area contributed by atoms with E-state index in [1.165, 1.54) is 0 Å². The van der Waals surface area contributed by atoms with E-state index in [1.54, 1.807) is 0 Å². The molecule has 0 unspecified atom stereocenters. The van der Waals surface area contributed by atoms with Crippen LogP contribution in [-0.4, -0.2) is 0 Å². The summed E-state index contributed by atoms with van der Waals surface area (Å²) in [6, 6.07) is 0. The topological polar surface area (TPSA) is 120 Å². The van der Waals surface area contributed by atoms with Crippen LogP contribution in [0.2, 0.25) is 0 Å². The zero-order valence-corrected chi connectivity index (χ0v) is 7.02. The zero-order chi connectivity index (χ0) is 2.71. The van der Waals surface area contributed by atoms with Crippen molar-refractivity contribution >= 4 is 0 Å². The van der Waals surface area contributed by atoms with Crippen molar-refractivity contribution < 1.29 is 76.3 Å². The Bertz CT molecular complexity index is 31.4. The van der Waals surface area contributed by atoms with E-state index in [0.717, 1.165) is 0 Å². The van der Waals surface area contributed by atoms with Crippen LogP contribution >= 0.6 is 0 Å². The van der Waals surface area contributed by atoms with Crippen molar-refractivity contribution in [3.8, 4) is 0 Å². The Kier molecular flexibility index (Phi) is 646. The summed E-state index contributed by atoms with van der Waals surface area (Å²) in [4.78, 5) is 0. The third kappa shape index (κ3) is 185. The normalized spacial score (nSPS) is 1.00. The first-order valence-electron chi connectivity index (χ1n) is 0.408. The van der Waals surface area contributed by atoms with Crippen molar-refractivity contribution in [3.05, 3.63) is 0 Å². The van der Waals surface area contributed by atoms with E-state index in [4.69, 9.17) is 6.65 Å². The quantitative estimate of drug-likeness (QED) is 0.524. The van der Waals surface area contributed by atoms with Crippen molar-refractivity contribution in [2.45, 2.75) is 0 Å². The van der Waals surface area contributed by atoms with Gasteiger partial charge in [-0.05, 0) is 0 Å². The molecule has 0 aliphatic carbocycles. The molecular formula is Fe2O5Ti. The van der Waals surface area contributed by atoms with Crippen LogP contribution in [0.5, 0.6) is 0 Å². The maximum absolute atomic E-state index is 8.50. The van der Waals surface area contributed by atoms with E-state index in [-0.39, 0.29) is 50.6 Å². The van der Waals surface area contributed by atoms with Gasteiger partial charge in [-0.1, -0.05) is 0 Å². The predicted molar refractivity (Wildman–Crippen MR) is 3.43 cm³/mol. The second kappa shape index (κ2) is 86.4. The fourth-order valence-corrected chi connectivity index (χ4v) is 0. The fourth-order valence-electron chi connectivity index (χ4n) is 0. The van der Waals surface area contributed by atoms with Crippen LogP contribution in [0.25, 0.3) is 0 Å².